The molecule has 0 unspecified atom stereocenters. The normalized spacial score (nSPS) is 10.3. The number of pyridine rings is 1. The van der Waals surface area contributed by atoms with E-state index in [0.717, 1.165) is 5.52 Å². The number of carbonyl (C=O) groups is 1. The van der Waals surface area contributed by atoms with Crippen LogP contribution in [-0.4, -0.2) is 28.0 Å². The van der Waals surface area contributed by atoms with Crippen LogP contribution in [0.15, 0.2) is 48.9 Å². The van der Waals surface area contributed by atoms with E-state index in [-0.39, 0.29) is 5.91 Å². The molecule has 0 saturated heterocycles. The zero-order valence-corrected chi connectivity index (χ0v) is 11.3. The van der Waals surface area contributed by atoms with Crippen molar-refractivity contribution in [1.82, 2.24) is 15.0 Å². The molecule has 0 atom stereocenters. The molecule has 0 radical (unpaired) electrons. The highest BCUT2D eigenvalue weighted by Gasteiger charge is 2.08. The molecule has 0 aliphatic rings. The van der Waals surface area contributed by atoms with Gasteiger partial charge in [-0.15, -0.1) is 0 Å². The first-order chi connectivity index (χ1) is 10.3. The minimum atomic E-state index is -0.227. The molecule has 3 rings (SSSR count). The molecule has 6 nitrogen and oxygen atoms in total. The van der Waals surface area contributed by atoms with Gasteiger partial charge in [0, 0.05) is 24.0 Å². The maximum absolute atomic E-state index is 12.2. The highest BCUT2D eigenvalue weighted by Crippen LogP contribution is 2.15. The predicted molar refractivity (Wildman–Crippen MR) is 78.3 cm³/mol. The molecule has 1 aromatic carbocycles. The first kappa shape index (κ1) is 13.0. The molecule has 0 spiro atoms. The first-order valence-corrected chi connectivity index (χ1v) is 6.28. The summed E-state index contributed by atoms with van der Waals surface area (Å²) in [6.07, 6.45) is 4.75. The van der Waals surface area contributed by atoms with Gasteiger partial charge in [-0.2, -0.15) is 0 Å². The highest BCUT2D eigenvalue weighted by molar-refractivity contribution is 6.05. The minimum Gasteiger partial charge on any atom is -0.481 e. The van der Waals surface area contributed by atoms with E-state index in [4.69, 9.17) is 4.74 Å². The molecule has 3 aromatic rings. The molecule has 104 valence electrons. The maximum Gasteiger partial charge on any atom is 0.255 e. The molecular weight excluding hydrogens is 268 g/mol. The SMILES string of the molecule is COc1ccc(NC(=O)c2ccc3nccnc3c2)cn1. The molecule has 1 amide bonds. The van der Waals surface area contributed by atoms with Gasteiger partial charge < -0.3 is 10.1 Å². The average Bonchev–Trinajstić information content (AvgIpc) is 2.55. The monoisotopic (exact) mass is 280 g/mol. The second-order valence-corrected chi connectivity index (χ2v) is 4.30. The second-order valence-electron chi connectivity index (χ2n) is 4.30. The van der Waals surface area contributed by atoms with Gasteiger partial charge in [0.15, 0.2) is 0 Å². The Labute approximate surface area is 120 Å². The van der Waals surface area contributed by atoms with Crippen LogP contribution in [0.5, 0.6) is 5.88 Å². The Morgan fingerprint density at radius 1 is 1.05 bits per heavy atom. The van der Waals surface area contributed by atoms with Crippen LogP contribution in [-0.2, 0) is 0 Å². The summed E-state index contributed by atoms with van der Waals surface area (Å²) in [4.78, 5) is 24.6. The lowest BCUT2D eigenvalue weighted by Gasteiger charge is -2.06. The lowest BCUT2D eigenvalue weighted by Crippen LogP contribution is -2.12. The molecule has 21 heavy (non-hydrogen) atoms. The Morgan fingerprint density at radius 2 is 1.86 bits per heavy atom. The van der Waals surface area contributed by atoms with Gasteiger partial charge in [-0.3, -0.25) is 14.8 Å². The molecule has 1 N–H and O–H groups in total. The van der Waals surface area contributed by atoms with E-state index < -0.39 is 0 Å². The fourth-order valence-corrected chi connectivity index (χ4v) is 1.88. The van der Waals surface area contributed by atoms with E-state index in [9.17, 15) is 4.79 Å². The van der Waals surface area contributed by atoms with E-state index >= 15 is 0 Å². The van der Waals surface area contributed by atoms with E-state index in [1.807, 2.05) is 0 Å². The van der Waals surface area contributed by atoms with E-state index in [2.05, 4.69) is 20.3 Å². The standard InChI is InChI=1S/C15H12N4O2/c1-21-14-5-3-11(9-18-14)19-15(20)10-2-4-12-13(8-10)17-7-6-16-12/h2-9H,1H3,(H,19,20). The fourth-order valence-electron chi connectivity index (χ4n) is 1.88. The maximum atomic E-state index is 12.2. The Hall–Kier alpha value is -3.02. The van der Waals surface area contributed by atoms with Crippen molar-refractivity contribution in [2.75, 3.05) is 12.4 Å². The van der Waals surface area contributed by atoms with E-state index in [1.165, 1.54) is 13.3 Å². The van der Waals surface area contributed by atoms with Gasteiger partial charge in [0.05, 0.1) is 30.0 Å². The van der Waals surface area contributed by atoms with Crippen molar-refractivity contribution in [2.24, 2.45) is 0 Å². The topological polar surface area (TPSA) is 77.0 Å². The molecule has 0 fully saturated rings. The zero-order chi connectivity index (χ0) is 14.7. The number of anilines is 1. The minimum absolute atomic E-state index is 0.227. The van der Waals surface area contributed by atoms with Crippen molar-refractivity contribution in [2.45, 2.75) is 0 Å². The summed E-state index contributed by atoms with van der Waals surface area (Å²) in [7, 11) is 1.54. The number of methoxy groups -OCH3 is 1. The van der Waals surface area contributed by atoms with Crippen LogP contribution in [0.3, 0.4) is 0 Å². The van der Waals surface area contributed by atoms with Gasteiger partial charge in [-0.1, -0.05) is 0 Å². The molecule has 2 aromatic heterocycles. The molecule has 2 heterocycles. The molecule has 0 aliphatic carbocycles. The van der Waals surface area contributed by atoms with Crippen molar-refractivity contribution in [3.05, 3.63) is 54.5 Å². The molecule has 0 bridgehead atoms. The van der Waals surface area contributed by atoms with Gasteiger partial charge in [-0.25, -0.2) is 4.98 Å². The summed E-state index contributed by atoms with van der Waals surface area (Å²) in [6.45, 7) is 0. The van der Waals surface area contributed by atoms with Gasteiger partial charge >= 0.3 is 0 Å². The van der Waals surface area contributed by atoms with Crippen LogP contribution in [0.4, 0.5) is 5.69 Å². The summed E-state index contributed by atoms with van der Waals surface area (Å²) in [6, 6.07) is 8.59. The first-order valence-electron chi connectivity index (χ1n) is 6.28. The third-order valence-corrected chi connectivity index (χ3v) is 2.93. The Kier molecular flexibility index (Phi) is 3.42. The summed E-state index contributed by atoms with van der Waals surface area (Å²) < 4.78 is 4.97. The van der Waals surface area contributed by atoms with Gasteiger partial charge in [0.2, 0.25) is 5.88 Å². The van der Waals surface area contributed by atoms with Crippen LogP contribution >= 0.6 is 0 Å². The van der Waals surface area contributed by atoms with Crippen molar-refractivity contribution in [3.63, 3.8) is 0 Å². The summed E-state index contributed by atoms with van der Waals surface area (Å²) >= 11 is 0. The third-order valence-electron chi connectivity index (χ3n) is 2.93. The average molecular weight is 280 g/mol. The number of nitrogens with one attached hydrogen (secondary N) is 1. The number of amides is 1. The Balaban J connectivity index is 1.82. The van der Waals surface area contributed by atoms with E-state index in [0.29, 0.717) is 22.6 Å². The van der Waals surface area contributed by atoms with Crippen LogP contribution in [0.2, 0.25) is 0 Å². The van der Waals surface area contributed by atoms with Crippen molar-refractivity contribution in [1.29, 1.82) is 0 Å². The molecule has 0 saturated carbocycles. The summed E-state index contributed by atoms with van der Waals surface area (Å²) in [5.74, 6) is 0.267. The zero-order valence-electron chi connectivity index (χ0n) is 11.3. The number of hydrogen-bond donors (Lipinski definition) is 1. The number of aromatic nitrogens is 3. The van der Waals surface area contributed by atoms with E-state index in [1.54, 1.807) is 42.7 Å². The lowest BCUT2D eigenvalue weighted by atomic mass is 10.2. The number of ether oxygens (including phenoxy) is 1. The molecular formula is C15H12N4O2. The molecule has 6 heteroatoms. The van der Waals surface area contributed by atoms with Crippen LogP contribution in [0, 0.1) is 0 Å². The number of hydrogen-bond acceptors (Lipinski definition) is 5. The van der Waals surface area contributed by atoms with Crippen LogP contribution in [0.1, 0.15) is 10.4 Å². The Bertz CT molecular complexity index is 787. The smallest absolute Gasteiger partial charge is 0.255 e. The van der Waals surface area contributed by atoms with Crippen LogP contribution < -0.4 is 10.1 Å². The Morgan fingerprint density at radius 3 is 2.57 bits per heavy atom. The number of carbonyl (C=O) groups excluding carboxylic acids is 1. The van der Waals surface area contributed by atoms with Crippen molar-refractivity contribution < 1.29 is 9.53 Å². The quantitative estimate of drug-likeness (QED) is 0.796. The fraction of sp³-hybridized carbons (Fsp3) is 0.0667. The number of benzene rings is 1. The number of nitrogens with zero attached hydrogens (tertiary/aromatic N) is 3. The van der Waals surface area contributed by atoms with Crippen LogP contribution in [0.25, 0.3) is 11.0 Å². The summed E-state index contributed by atoms with van der Waals surface area (Å²) in [5.41, 5.74) is 2.54. The highest BCUT2D eigenvalue weighted by atomic mass is 16.5. The lowest BCUT2D eigenvalue weighted by molar-refractivity contribution is 0.102. The van der Waals surface area contributed by atoms with Crippen molar-refractivity contribution in [3.8, 4) is 5.88 Å². The predicted octanol–water partition coefficient (Wildman–Crippen LogP) is 2.29. The summed E-state index contributed by atoms with van der Waals surface area (Å²) in [5, 5.41) is 2.77. The largest absolute Gasteiger partial charge is 0.481 e. The number of fused-ring (bicyclic) bond motifs is 1. The third kappa shape index (κ3) is 2.79. The van der Waals surface area contributed by atoms with Gasteiger partial charge in [-0.05, 0) is 24.3 Å². The number of rotatable bonds is 3. The molecule has 0 aliphatic heterocycles. The van der Waals surface area contributed by atoms with Gasteiger partial charge in [0.25, 0.3) is 5.91 Å². The second kappa shape index (κ2) is 5.54. The van der Waals surface area contributed by atoms with Gasteiger partial charge in [0.1, 0.15) is 0 Å². The van der Waals surface area contributed by atoms with Crippen molar-refractivity contribution >= 4 is 22.6 Å².